The van der Waals surface area contributed by atoms with Gasteiger partial charge in [-0.15, -0.1) is 0 Å². The van der Waals surface area contributed by atoms with Crippen molar-refractivity contribution in [3.63, 3.8) is 0 Å². The number of benzene rings is 3. The average molecular weight is 422 g/mol. The van der Waals surface area contributed by atoms with Crippen LogP contribution in [-0.4, -0.2) is 27.8 Å². The standard InChI is InChI=1S/C26H23N5O/c27-15-24-25(20-11-13-23(14-12-20)32-22-9-5-2-6-10-22)29-31(26(24)28)21-17-30(18-21)16-19-7-3-1-4-8-19/h1-14,21H,16-18,28H2. The molecule has 1 saturated heterocycles. The molecule has 0 bridgehead atoms. The van der Waals surface area contributed by atoms with Crippen LogP contribution >= 0.6 is 0 Å². The summed E-state index contributed by atoms with van der Waals surface area (Å²) in [5.41, 5.74) is 9.48. The maximum Gasteiger partial charge on any atom is 0.140 e. The molecule has 0 aliphatic carbocycles. The molecule has 0 unspecified atom stereocenters. The number of nitrogens with two attached hydrogens (primary N) is 1. The number of anilines is 1. The van der Waals surface area contributed by atoms with Crippen LogP contribution in [0.2, 0.25) is 0 Å². The lowest BCUT2D eigenvalue weighted by Gasteiger charge is -2.39. The number of likely N-dealkylation sites (tertiary alicyclic amines) is 1. The molecule has 0 radical (unpaired) electrons. The number of hydrogen-bond acceptors (Lipinski definition) is 5. The number of rotatable bonds is 6. The minimum atomic E-state index is 0.167. The maximum absolute atomic E-state index is 9.72. The molecule has 6 nitrogen and oxygen atoms in total. The van der Waals surface area contributed by atoms with Crippen molar-refractivity contribution in [3.05, 3.63) is 96.1 Å². The summed E-state index contributed by atoms with van der Waals surface area (Å²) in [7, 11) is 0. The predicted molar refractivity (Wildman–Crippen MR) is 124 cm³/mol. The van der Waals surface area contributed by atoms with Gasteiger partial charge in [0.15, 0.2) is 0 Å². The highest BCUT2D eigenvalue weighted by molar-refractivity contribution is 5.73. The van der Waals surface area contributed by atoms with Crippen LogP contribution in [0.15, 0.2) is 84.9 Å². The van der Waals surface area contributed by atoms with E-state index in [0.29, 0.717) is 17.1 Å². The van der Waals surface area contributed by atoms with Crippen molar-refractivity contribution in [2.75, 3.05) is 18.8 Å². The van der Waals surface area contributed by atoms with Gasteiger partial charge in [0.05, 0.1) is 6.04 Å². The number of hydrogen-bond donors (Lipinski definition) is 1. The van der Waals surface area contributed by atoms with Crippen LogP contribution in [0.1, 0.15) is 17.2 Å². The minimum Gasteiger partial charge on any atom is -0.457 e. The van der Waals surface area contributed by atoms with Gasteiger partial charge in [0.25, 0.3) is 0 Å². The zero-order valence-corrected chi connectivity index (χ0v) is 17.6. The molecule has 5 rings (SSSR count). The number of nitrogens with zero attached hydrogens (tertiary/aromatic N) is 4. The average Bonchev–Trinajstić information content (AvgIpc) is 3.13. The van der Waals surface area contributed by atoms with Gasteiger partial charge in [0, 0.05) is 25.2 Å². The second-order valence-corrected chi connectivity index (χ2v) is 7.94. The molecule has 0 atom stereocenters. The number of nitriles is 1. The summed E-state index contributed by atoms with van der Waals surface area (Å²) >= 11 is 0. The van der Waals surface area contributed by atoms with E-state index in [1.807, 2.05) is 65.3 Å². The Morgan fingerprint density at radius 3 is 2.19 bits per heavy atom. The fourth-order valence-corrected chi connectivity index (χ4v) is 4.01. The van der Waals surface area contributed by atoms with E-state index < -0.39 is 0 Å². The molecule has 0 saturated carbocycles. The van der Waals surface area contributed by atoms with E-state index in [9.17, 15) is 5.26 Å². The molecular weight excluding hydrogens is 398 g/mol. The van der Waals surface area contributed by atoms with Gasteiger partial charge < -0.3 is 10.5 Å². The van der Waals surface area contributed by atoms with Crippen molar-refractivity contribution in [1.29, 1.82) is 5.26 Å². The lowest BCUT2D eigenvalue weighted by atomic mass is 10.1. The Kier molecular flexibility index (Phi) is 5.32. The number of nitrogen functional groups attached to an aromatic ring is 1. The van der Waals surface area contributed by atoms with E-state index in [2.05, 4.69) is 35.2 Å². The zero-order valence-electron chi connectivity index (χ0n) is 17.6. The van der Waals surface area contributed by atoms with Gasteiger partial charge in [-0.3, -0.25) is 4.90 Å². The monoisotopic (exact) mass is 421 g/mol. The van der Waals surface area contributed by atoms with E-state index in [1.54, 1.807) is 0 Å². The molecule has 0 spiro atoms. The van der Waals surface area contributed by atoms with E-state index in [-0.39, 0.29) is 6.04 Å². The molecule has 158 valence electrons. The number of ether oxygens (including phenoxy) is 1. The van der Waals surface area contributed by atoms with Crippen molar-refractivity contribution < 1.29 is 4.74 Å². The highest BCUT2D eigenvalue weighted by atomic mass is 16.5. The second-order valence-electron chi connectivity index (χ2n) is 7.94. The van der Waals surface area contributed by atoms with Crippen molar-refractivity contribution >= 4 is 5.82 Å². The molecule has 6 heteroatoms. The molecule has 1 fully saturated rings. The molecule has 0 amide bonds. The molecule has 1 aromatic heterocycles. The largest absolute Gasteiger partial charge is 0.457 e. The maximum atomic E-state index is 9.72. The van der Waals surface area contributed by atoms with Crippen LogP contribution in [-0.2, 0) is 6.54 Å². The van der Waals surface area contributed by atoms with Crippen LogP contribution in [0.25, 0.3) is 11.3 Å². The molecule has 1 aliphatic rings. The lowest BCUT2D eigenvalue weighted by molar-refractivity contribution is 0.0925. The van der Waals surface area contributed by atoms with Gasteiger partial charge >= 0.3 is 0 Å². The molecular formula is C26H23N5O. The number of aromatic nitrogens is 2. The van der Waals surface area contributed by atoms with Gasteiger partial charge in [-0.1, -0.05) is 48.5 Å². The molecule has 32 heavy (non-hydrogen) atoms. The summed E-state index contributed by atoms with van der Waals surface area (Å²) in [6, 6.07) is 30.0. The highest BCUT2D eigenvalue weighted by Crippen LogP contribution is 2.33. The van der Waals surface area contributed by atoms with Crippen molar-refractivity contribution in [2.45, 2.75) is 12.6 Å². The van der Waals surface area contributed by atoms with Gasteiger partial charge in [-0.05, 0) is 42.0 Å². The highest BCUT2D eigenvalue weighted by Gasteiger charge is 2.32. The van der Waals surface area contributed by atoms with Crippen molar-refractivity contribution in [2.24, 2.45) is 0 Å². The van der Waals surface area contributed by atoms with Gasteiger partial charge in [-0.2, -0.15) is 10.4 Å². The second kappa shape index (κ2) is 8.58. The SMILES string of the molecule is N#Cc1c(-c2ccc(Oc3ccccc3)cc2)nn(C2CN(Cc3ccccc3)C2)c1N. The lowest BCUT2D eigenvalue weighted by Crippen LogP contribution is -2.47. The Bertz CT molecular complexity index is 1240. The third-order valence-electron chi connectivity index (χ3n) is 5.70. The Labute approximate surface area is 187 Å². The molecule has 1 aliphatic heterocycles. The summed E-state index contributed by atoms with van der Waals surface area (Å²) in [4.78, 5) is 2.35. The molecule has 4 aromatic rings. The minimum absolute atomic E-state index is 0.167. The van der Waals surface area contributed by atoms with Crippen LogP contribution in [0.4, 0.5) is 5.82 Å². The number of para-hydroxylation sites is 1. The fraction of sp³-hybridized carbons (Fsp3) is 0.154. The third kappa shape index (κ3) is 3.94. The first-order valence-electron chi connectivity index (χ1n) is 10.6. The first-order valence-corrected chi connectivity index (χ1v) is 10.6. The van der Waals surface area contributed by atoms with E-state index in [0.717, 1.165) is 36.7 Å². The fourth-order valence-electron chi connectivity index (χ4n) is 4.01. The summed E-state index contributed by atoms with van der Waals surface area (Å²) in [5.74, 6) is 1.93. The molecule has 3 aromatic carbocycles. The Balaban J connectivity index is 1.31. The topological polar surface area (TPSA) is 80.1 Å². The molecule has 2 N–H and O–H groups in total. The Morgan fingerprint density at radius 2 is 1.53 bits per heavy atom. The van der Waals surface area contributed by atoms with Gasteiger partial charge in [0.2, 0.25) is 0 Å². The smallest absolute Gasteiger partial charge is 0.140 e. The van der Waals surface area contributed by atoms with Crippen LogP contribution in [0.5, 0.6) is 11.5 Å². The zero-order chi connectivity index (χ0) is 21.9. The first kappa shape index (κ1) is 19.9. The third-order valence-corrected chi connectivity index (χ3v) is 5.70. The Morgan fingerprint density at radius 1 is 0.906 bits per heavy atom. The summed E-state index contributed by atoms with van der Waals surface area (Å²) < 4.78 is 7.67. The summed E-state index contributed by atoms with van der Waals surface area (Å²) in [6.45, 7) is 2.61. The summed E-state index contributed by atoms with van der Waals surface area (Å²) in [6.07, 6.45) is 0. The normalized spacial score (nSPS) is 14.0. The van der Waals surface area contributed by atoms with Crippen molar-refractivity contribution in [1.82, 2.24) is 14.7 Å². The van der Waals surface area contributed by atoms with E-state index >= 15 is 0 Å². The first-order chi connectivity index (χ1) is 15.7. The van der Waals surface area contributed by atoms with Crippen LogP contribution in [0, 0.1) is 11.3 Å². The quantitative estimate of drug-likeness (QED) is 0.481. The van der Waals surface area contributed by atoms with Gasteiger partial charge in [-0.25, -0.2) is 4.68 Å². The van der Waals surface area contributed by atoms with E-state index in [4.69, 9.17) is 15.6 Å². The Hall–Kier alpha value is -4.08. The summed E-state index contributed by atoms with van der Waals surface area (Å²) in [5, 5.41) is 14.5. The van der Waals surface area contributed by atoms with Crippen LogP contribution in [0.3, 0.4) is 0 Å². The van der Waals surface area contributed by atoms with E-state index in [1.165, 1.54) is 5.56 Å². The van der Waals surface area contributed by atoms with Crippen LogP contribution < -0.4 is 10.5 Å². The predicted octanol–water partition coefficient (Wildman–Crippen LogP) is 4.85. The van der Waals surface area contributed by atoms with Crippen molar-refractivity contribution in [3.8, 4) is 28.8 Å². The molecule has 2 heterocycles. The van der Waals surface area contributed by atoms with Gasteiger partial charge in [0.1, 0.15) is 34.6 Å².